The molecule has 1 atom stereocenters. The first kappa shape index (κ1) is 28.3. The lowest BCUT2D eigenvalue weighted by atomic mass is 10.0. The van der Waals surface area contributed by atoms with Crippen LogP contribution in [-0.2, 0) is 13.1 Å². The maximum atomic E-state index is 9.05. The van der Waals surface area contributed by atoms with Crippen LogP contribution in [0.15, 0.2) is 72.9 Å². The van der Waals surface area contributed by atoms with Gasteiger partial charge in [-0.25, -0.2) is 0 Å². The molecule has 6 nitrogen and oxygen atoms in total. The summed E-state index contributed by atoms with van der Waals surface area (Å²) in [4.78, 5) is 0. The Balaban J connectivity index is 0.00000380. The minimum absolute atomic E-state index is 0. The van der Waals surface area contributed by atoms with Crippen LogP contribution in [0, 0.1) is 13.8 Å². The molecule has 0 aliphatic rings. The van der Waals surface area contributed by atoms with E-state index < -0.39 is 0 Å². The van der Waals surface area contributed by atoms with Crippen LogP contribution >= 0.6 is 12.4 Å². The van der Waals surface area contributed by atoms with E-state index in [1.165, 1.54) is 16.7 Å². The molecule has 0 amide bonds. The van der Waals surface area contributed by atoms with E-state index in [2.05, 4.69) is 74.7 Å². The first-order valence-corrected chi connectivity index (χ1v) is 12.3. The Kier molecular flexibility index (Phi) is 10.1. The number of aryl methyl sites for hydroxylation is 2. The summed E-state index contributed by atoms with van der Waals surface area (Å²) in [5, 5.41) is 17.7. The van der Waals surface area contributed by atoms with Crippen molar-refractivity contribution in [1.82, 2.24) is 15.1 Å². The minimum atomic E-state index is -0.0380. The van der Waals surface area contributed by atoms with Crippen molar-refractivity contribution in [1.29, 1.82) is 0 Å². The predicted molar refractivity (Wildman–Crippen MR) is 151 cm³/mol. The van der Waals surface area contributed by atoms with Gasteiger partial charge in [0.05, 0.1) is 26.0 Å². The van der Waals surface area contributed by atoms with Gasteiger partial charge in [-0.2, -0.15) is 5.10 Å². The summed E-state index contributed by atoms with van der Waals surface area (Å²) in [5.41, 5.74) is 8.11. The SMILES string of the molecule is COc1cc(C(C)NCc2cn(Cc3ccccc3)nc2-c2ccc(C)c(C)c2)ccc1OCCO.Cl. The molecule has 196 valence electrons. The van der Waals surface area contributed by atoms with Crippen LogP contribution in [0.3, 0.4) is 0 Å². The molecule has 0 bridgehead atoms. The molecule has 0 aliphatic heterocycles. The van der Waals surface area contributed by atoms with Crippen molar-refractivity contribution < 1.29 is 14.6 Å². The fourth-order valence-electron chi connectivity index (χ4n) is 4.18. The van der Waals surface area contributed by atoms with Gasteiger partial charge in [0.25, 0.3) is 0 Å². The van der Waals surface area contributed by atoms with E-state index in [9.17, 15) is 0 Å². The van der Waals surface area contributed by atoms with Crippen molar-refractivity contribution in [2.24, 2.45) is 0 Å². The molecule has 37 heavy (non-hydrogen) atoms. The summed E-state index contributed by atoms with van der Waals surface area (Å²) in [5.74, 6) is 1.28. The molecule has 1 aromatic heterocycles. The van der Waals surface area contributed by atoms with Gasteiger partial charge in [-0.05, 0) is 61.2 Å². The molecule has 4 aromatic rings. The number of methoxy groups -OCH3 is 1. The van der Waals surface area contributed by atoms with Crippen molar-refractivity contribution in [3.05, 3.63) is 101 Å². The number of aromatic nitrogens is 2. The van der Waals surface area contributed by atoms with Crippen molar-refractivity contribution in [2.45, 2.75) is 39.9 Å². The number of nitrogens with one attached hydrogen (secondary N) is 1. The quantitative estimate of drug-likeness (QED) is 0.258. The molecule has 3 aromatic carbocycles. The van der Waals surface area contributed by atoms with E-state index in [1.807, 2.05) is 28.9 Å². The maximum absolute atomic E-state index is 9.05. The smallest absolute Gasteiger partial charge is 0.161 e. The van der Waals surface area contributed by atoms with Gasteiger partial charge in [0.1, 0.15) is 6.61 Å². The van der Waals surface area contributed by atoms with E-state index in [-0.39, 0.29) is 31.7 Å². The molecule has 0 radical (unpaired) electrons. The Morgan fingerprint density at radius 2 is 1.76 bits per heavy atom. The maximum Gasteiger partial charge on any atom is 0.161 e. The fourth-order valence-corrected chi connectivity index (χ4v) is 4.18. The summed E-state index contributed by atoms with van der Waals surface area (Å²) in [6, 6.07) is 22.9. The van der Waals surface area contributed by atoms with Gasteiger partial charge in [0.2, 0.25) is 0 Å². The second-order valence-corrected chi connectivity index (χ2v) is 9.07. The van der Waals surface area contributed by atoms with Crippen LogP contribution in [0.5, 0.6) is 11.5 Å². The Morgan fingerprint density at radius 1 is 0.973 bits per heavy atom. The lowest BCUT2D eigenvalue weighted by Crippen LogP contribution is -2.18. The molecule has 1 heterocycles. The number of aliphatic hydroxyl groups is 1. The minimum Gasteiger partial charge on any atom is -0.493 e. The number of aliphatic hydroxyl groups excluding tert-OH is 1. The average molecular weight is 522 g/mol. The van der Waals surface area contributed by atoms with Crippen LogP contribution < -0.4 is 14.8 Å². The van der Waals surface area contributed by atoms with Gasteiger partial charge < -0.3 is 19.9 Å². The van der Waals surface area contributed by atoms with Gasteiger partial charge in [-0.15, -0.1) is 12.4 Å². The van der Waals surface area contributed by atoms with Crippen LogP contribution in [0.1, 0.15) is 40.8 Å². The molecule has 0 saturated heterocycles. The highest BCUT2D eigenvalue weighted by atomic mass is 35.5. The van der Waals surface area contributed by atoms with E-state index in [4.69, 9.17) is 19.7 Å². The van der Waals surface area contributed by atoms with Gasteiger partial charge >= 0.3 is 0 Å². The summed E-state index contributed by atoms with van der Waals surface area (Å²) in [7, 11) is 1.62. The van der Waals surface area contributed by atoms with E-state index in [0.29, 0.717) is 18.0 Å². The van der Waals surface area contributed by atoms with E-state index in [0.717, 1.165) is 28.9 Å². The number of hydrogen-bond donors (Lipinski definition) is 2. The first-order valence-electron chi connectivity index (χ1n) is 12.3. The molecule has 2 N–H and O–H groups in total. The fraction of sp³-hybridized carbons (Fsp3) is 0.300. The summed E-state index contributed by atoms with van der Waals surface area (Å²) >= 11 is 0. The lowest BCUT2D eigenvalue weighted by molar-refractivity contribution is 0.196. The molecule has 0 saturated carbocycles. The van der Waals surface area contributed by atoms with Crippen molar-refractivity contribution in [3.8, 4) is 22.8 Å². The average Bonchev–Trinajstić information content (AvgIpc) is 3.30. The van der Waals surface area contributed by atoms with Crippen LogP contribution in [-0.4, -0.2) is 35.2 Å². The Bertz CT molecular complexity index is 1290. The zero-order valence-corrected chi connectivity index (χ0v) is 22.7. The van der Waals surface area contributed by atoms with Gasteiger partial charge in [-0.3, -0.25) is 4.68 Å². The third kappa shape index (κ3) is 7.13. The number of hydrogen-bond acceptors (Lipinski definition) is 5. The lowest BCUT2D eigenvalue weighted by Gasteiger charge is -2.17. The second-order valence-electron chi connectivity index (χ2n) is 9.07. The number of rotatable bonds is 11. The van der Waals surface area contributed by atoms with Crippen LogP contribution in [0.4, 0.5) is 0 Å². The number of halogens is 1. The molecule has 1 unspecified atom stereocenters. The molecular formula is C30H36ClN3O3. The monoisotopic (exact) mass is 521 g/mol. The summed E-state index contributed by atoms with van der Waals surface area (Å²) in [6.45, 7) is 7.99. The normalized spacial score (nSPS) is 11.6. The second kappa shape index (κ2) is 13.3. The molecule has 4 rings (SSSR count). The van der Waals surface area contributed by atoms with Crippen molar-refractivity contribution in [2.75, 3.05) is 20.3 Å². The highest BCUT2D eigenvalue weighted by Gasteiger charge is 2.15. The van der Waals surface area contributed by atoms with E-state index in [1.54, 1.807) is 7.11 Å². The zero-order chi connectivity index (χ0) is 25.5. The van der Waals surface area contributed by atoms with Gasteiger partial charge in [-0.1, -0.05) is 48.5 Å². The van der Waals surface area contributed by atoms with Crippen molar-refractivity contribution in [3.63, 3.8) is 0 Å². The van der Waals surface area contributed by atoms with Gasteiger partial charge in [0, 0.05) is 29.9 Å². The van der Waals surface area contributed by atoms with Crippen LogP contribution in [0.25, 0.3) is 11.3 Å². The molecule has 0 aliphatic carbocycles. The number of ether oxygens (including phenoxy) is 2. The molecular weight excluding hydrogens is 486 g/mol. The summed E-state index contributed by atoms with van der Waals surface area (Å²) < 4.78 is 13.1. The van der Waals surface area contributed by atoms with E-state index >= 15 is 0 Å². The van der Waals surface area contributed by atoms with Crippen LogP contribution in [0.2, 0.25) is 0 Å². The standard InChI is InChI=1S/C30H35N3O3.ClH/c1-21-10-11-26(16-22(21)2)30-27(20-33(32-30)19-24-8-6-5-7-9-24)18-31-23(3)25-12-13-28(36-15-14-34)29(17-25)35-4;/h5-13,16-17,20,23,31,34H,14-15,18-19H2,1-4H3;1H. The Hall–Kier alpha value is -3.32. The largest absolute Gasteiger partial charge is 0.493 e. The van der Waals surface area contributed by atoms with Gasteiger partial charge in [0.15, 0.2) is 11.5 Å². The first-order chi connectivity index (χ1) is 17.5. The third-order valence-electron chi connectivity index (χ3n) is 6.44. The van der Waals surface area contributed by atoms with Crippen molar-refractivity contribution >= 4 is 12.4 Å². The Morgan fingerprint density at radius 3 is 2.46 bits per heavy atom. The number of nitrogens with zero attached hydrogens (tertiary/aromatic N) is 2. The highest BCUT2D eigenvalue weighted by Crippen LogP contribution is 2.31. The topological polar surface area (TPSA) is 68.5 Å². The molecule has 7 heteroatoms. The molecule has 0 fully saturated rings. The highest BCUT2D eigenvalue weighted by molar-refractivity contribution is 5.85. The summed E-state index contributed by atoms with van der Waals surface area (Å²) in [6.07, 6.45) is 2.14. The predicted octanol–water partition coefficient (Wildman–Crippen LogP) is 5.87. The Labute approximate surface area is 225 Å². The molecule has 0 spiro atoms. The zero-order valence-electron chi connectivity index (χ0n) is 21.9. The number of benzene rings is 3. The third-order valence-corrected chi connectivity index (χ3v) is 6.44.